The second-order valence-electron chi connectivity index (χ2n) is 3.63. The number of aromatic nitrogens is 2. The number of aliphatic hydroxyl groups excluding tert-OH is 1. The second-order valence-corrected chi connectivity index (χ2v) is 3.63. The molecule has 1 aliphatic rings. The van der Waals surface area contributed by atoms with Crippen molar-refractivity contribution in [3.63, 3.8) is 0 Å². The standard InChI is InChI=1S/C9H13N5O2/c10-13-8-4-11-3-7(12-8)9(16)14-2-1-6(15)5-14/h3-4,6,15H,1-2,5,10H2,(H,12,13). The lowest BCUT2D eigenvalue weighted by molar-refractivity contribution is 0.0759. The summed E-state index contributed by atoms with van der Waals surface area (Å²) in [6.07, 6.45) is 2.98. The zero-order valence-corrected chi connectivity index (χ0v) is 8.63. The molecular formula is C9H13N5O2. The zero-order chi connectivity index (χ0) is 11.5. The van der Waals surface area contributed by atoms with Gasteiger partial charge in [0.15, 0.2) is 5.82 Å². The van der Waals surface area contributed by atoms with Gasteiger partial charge in [-0.1, -0.05) is 0 Å². The molecule has 1 amide bonds. The number of rotatable bonds is 2. The molecule has 16 heavy (non-hydrogen) atoms. The number of nitrogens with one attached hydrogen (secondary N) is 1. The first-order valence-corrected chi connectivity index (χ1v) is 4.96. The Balaban J connectivity index is 2.14. The summed E-state index contributed by atoms with van der Waals surface area (Å²) in [6.45, 7) is 0.892. The number of nitrogens with zero attached hydrogens (tertiary/aromatic N) is 3. The van der Waals surface area contributed by atoms with Crippen LogP contribution in [0.4, 0.5) is 5.82 Å². The number of anilines is 1. The minimum absolute atomic E-state index is 0.226. The zero-order valence-electron chi connectivity index (χ0n) is 8.63. The minimum atomic E-state index is -0.437. The smallest absolute Gasteiger partial charge is 0.274 e. The average Bonchev–Trinajstić information content (AvgIpc) is 2.75. The summed E-state index contributed by atoms with van der Waals surface area (Å²) < 4.78 is 0. The van der Waals surface area contributed by atoms with Gasteiger partial charge >= 0.3 is 0 Å². The molecule has 0 aromatic carbocycles. The van der Waals surface area contributed by atoms with Crippen molar-refractivity contribution in [2.75, 3.05) is 18.5 Å². The summed E-state index contributed by atoms with van der Waals surface area (Å²) >= 11 is 0. The first kappa shape index (κ1) is 10.8. The predicted molar refractivity (Wildman–Crippen MR) is 56.4 cm³/mol. The third kappa shape index (κ3) is 2.10. The number of likely N-dealkylation sites (tertiary alicyclic amines) is 1. The Bertz CT molecular complexity index is 397. The molecule has 1 aromatic heterocycles. The van der Waals surface area contributed by atoms with Crippen LogP contribution in [-0.4, -0.2) is 45.1 Å². The van der Waals surface area contributed by atoms with Crippen molar-refractivity contribution in [1.82, 2.24) is 14.9 Å². The van der Waals surface area contributed by atoms with Crippen molar-refractivity contribution in [3.05, 3.63) is 18.1 Å². The number of amides is 1. The molecule has 1 atom stereocenters. The van der Waals surface area contributed by atoms with Crippen LogP contribution < -0.4 is 11.3 Å². The molecule has 0 radical (unpaired) electrons. The molecule has 86 valence electrons. The van der Waals surface area contributed by atoms with Crippen molar-refractivity contribution in [3.8, 4) is 0 Å². The normalized spacial score (nSPS) is 19.9. The topological polar surface area (TPSA) is 104 Å². The molecule has 1 aliphatic heterocycles. The average molecular weight is 223 g/mol. The van der Waals surface area contributed by atoms with E-state index in [2.05, 4.69) is 15.4 Å². The summed E-state index contributed by atoms with van der Waals surface area (Å²) in [6, 6.07) is 0. The maximum Gasteiger partial charge on any atom is 0.274 e. The van der Waals surface area contributed by atoms with Crippen molar-refractivity contribution in [2.45, 2.75) is 12.5 Å². The highest BCUT2D eigenvalue weighted by Crippen LogP contribution is 2.12. The monoisotopic (exact) mass is 223 g/mol. The fourth-order valence-corrected chi connectivity index (χ4v) is 1.63. The van der Waals surface area contributed by atoms with E-state index in [0.29, 0.717) is 25.3 Å². The largest absolute Gasteiger partial charge is 0.391 e. The highest BCUT2D eigenvalue weighted by Gasteiger charge is 2.26. The van der Waals surface area contributed by atoms with Gasteiger partial charge in [-0.3, -0.25) is 9.78 Å². The molecule has 1 aromatic rings. The predicted octanol–water partition coefficient (Wildman–Crippen LogP) is -1.03. The SMILES string of the molecule is NNc1cncc(C(=O)N2CCC(O)C2)n1. The molecule has 0 bridgehead atoms. The van der Waals surface area contributed by atoms with Crippen LogP contribution in [0.1, 0.15) is 16.9 Å². The van der Waals surface area contributed by atoms with Crippen LogP contribution in [0.25, 0.3) is 0 Å². The number of hydrogen-bond donors (Lipinski definition) is 3. The molecule has 1 fully saturated rings. The van der Waals surface area contributed by atoms with Crippen LogP contribution in [-0.2, 0) is 0 Å². The fourth-order valence-electron chi connectivity index (χ4n) is 1.63. The number of hydrazine groups is 1. The van der Waals surface area contributed by atoms with Crippen LogP contribution in [0.3, 0.4) is 0 Å². The van der Waals surface area contributed by atoms with Gasteiger partial charge in [-0.2, -0.15) is 0 Å². The summed E-state index contributed by atoms with van der Waals surface area (Å²) in [4.78, 5) is 21.3. The molecule has 7 nitrogen and oxygen atoms in total. The van der Waals surface area contributed by atoms with E-state index in [4.69, 9.17) is 5.84 Å². The van der Waals surface area contributed by atoms with E-state index in [-0.39, 0.29) is 11.6 Å². The van der Waals surface area contributed by atoms with E-state index in [9.17, 15) is 9.90 Å². The Morgan fingerprint density at radius 3 is 3.06 bits per heavy atom. The van der Waals surface area contributed by atoms with Crippen LogP contribution in [0.5, 0.6) is 0 Å². The van der Waals surface area contributed by atoms with Gasteiger partial charge in [0.1, 0.15) is 5.69 Å². The van der Waals surface area contributed by atoms with E-state index in [1.807, 2.05) is 0 Å². The first-order valence-electron chi connectivity index (χ1n) is 4.96. The van der Waals surface area contributed by atoms with Gasteiger partial charge in [-0.05, 0) is 6.42 Å². The summed E-state index contributed by atoms with van der Waals surface area (Å²) in [5, 5.41) is 9.33. The van der Waals surface area contributed by atoms with E-state index in [1.54, 1.807) is 4.90 Å². The number of β-amino-alcohol motifs (C(OH)–C–C–N with tert-alkyl or cyclic N) is 1. The van der Waals surface area contributed by atoms with Gasteiger partial charge < -0.3 is 15.4 Å². The Labute approximate surface area is 92.3 Å². The first-order chi connectivity index (χ1) is 7.70. The maximum absolute atomic E-state index is 11.9. The quantitative estimate of drug-likeness (QED) is 0.437. The van der Waals surface area contributed by atoms with Gasteiger partial charge in [-0.25, -0.2) is 10.8 Å². The van der Waals surface area contributed by atoms with Gasteiger partial charge in [-0.15, -0.1) is 0 Å². The van der Waals surface area contributed by atoms with Gasteiger partial charge in [0.05, 0.1) is 18.5 Å². The Hall–Kier alpha value is -1.73. The summed E-state index contributed by atoms with van der Waals surface area (Å²) in [7, 11) is 0. The Morgan fingerprint density at radius 1 is 1.62 bits per heavy atom. The molecule has 2 heterocycles. The van der Waals surface area contributed by atoms with Gasteiger partial charge in [0, 0.05) is 13.1 Å². The molecule has 4 N–H and O–H groups in total. The number of nitrogen functional groups attached to an aromatic ring is 1. The molecule has 0 saturated carbocycles. The molecule has 2 rings (SSSR count). The van der Waals surface area contributed by atoms with Crippen LogP contribution in [0, 0.1) is 0 Å². The van der Waals surface area contributed by atoms with E-state index < -0.39 is 6.10 Å². The van der Waals surface area contributed by atoms with Crippen molar-refractivity contribution >= 4 is 11.7 Å². The lowest BCUT2D eigenvalue weighted by atomic mass is 10.3. The van der Waals surface area contributed by atoms with Crippen molar-refractivity contribution in [2.24, 2.45) is 5.84 Å². The molecule has 1 saturated heterocycles. The second kappa shape index (κ2) is 4.42. The number of carbonyl (C=O) groups excluding carboxylic acids is 1. The third-order valence-electron chi connectivity index (χ3n) is 2.45. The lowest BCUT2D eigenvalue weighted by Gasteiger charge is -2.14. The molecule has 0 spiro atoms. The maximum atomic E-state index is 11.9. The molecule has 0 aliphatic carbocycles. The van der Waals surface area contributed by atoms with E-state index in [1.165, 1.54) is 12.4 Å². The highest BCUT2D eigenvalue weighted by atomic mass is 16.3. The molecule has 7 heteroatoms. The van der Waals surface area contributed by atoms with Gasteiger partial charge in [0.2, 0.25) is 0 Å². The van der Waals surface area contributed by atoms with Crippen LogP contribution >= 0.6 is 0 Å². The Morgan fingerprint density at radius 2 is 2.44 bits per heavy atom. The van der Waals surface area contributed by atoms with E-state index in [0.717, 1.165) is 0 Å². The van der Waals surface area contributed by atoms with Crippen molar-refractivity contribution < 1.29 is 9.90 Å². The molecule has 1 unspecified atom stereocenters. The van der Waals surface area contributed by atoms with Gasteiger partial charge in [0.25, 0.3) is 5.91 Å². The lowest BCUT2D eigenvalue weighted by Crippen LogP contribution is -2.30. The van der Waals surface area contributed by atoms with Crippen LogP contribution in [0.15, 0.2) is 12.4 Å². The summed E-state index contributed by atoms with van der Waals surface area (Å²) in [5.41, 5.74) is 2.55. The number of hydrogen-bond acceptors (Lipinski definition) is 6. The number of nitrogens with two attached hydrogens (primary N) is 1. The summed E-state index contributed by atoms with van der Waals surface area (Å²) in [5.74, 6) is 5.28. The highest BCUT2D eigenvalue weighted by molar-refractivity contribution is 5.92. The number of carbonyl (C=O) groups is 1. The fraction of sp³-hybridized carbons (Fsp3) is 0.444. The Kier molecular flexibility index (Phi) is 2.97. The van der Waals surface area contributed by atoms with Crippen LogP contribution in [0.2, 0.25) is 0 Å². The number of aliphatic hydroxyl groups is 1. The van der Waals surface area contributed by atoms with Crippen molar-refractivity contribution in [1.29, 1.82) is 0 Å². The molecular weight excluding hydrogens is 210 g/mol. The minimum Gasteiger partial charge on any atom is -0.391 e. The third-order valence-corrected chi connectivity index (χ3v) is 2.45. The van der Waals surface area contributed by atoms with E-state index >= 15 is 0 Å².